The molecule has 1 atom stereocenters. The molecule has 1 aliphatic rings. The minimum atomic E-state index is -5.20. The van der Waals surface area contributed by atoms with Crippen LogP contribution in [0.4, 0.5) is 32.0 Å². The first-order chi connectivity index (χ1) is 19.1. The molecule has 3 aromatic rings. The summed E-state index contributed by atoms with van der Waals surface area (Å²) in [7, 11) is -2.80. The third-order valence-electron chi connectivity index (χ3n) is 6.55. The number of aromatic nitrogens is 3. The first-order valence-electron chi connectivity index (χ1n) is 12.5. The molecule has 0 bridgehead atoms. The van der Waals surface area contributed by atoms with Gasteiger partial charge < -0.3 is 14.5 Å². The fraction of sp³-hybridized carbons (Fsp3) is 0.440. The van der Waals surface area contributed by atoms with E-state index in [1.165, 1.54) is 11.5 Å². The molecule has 4 rings (SSSR count). The van der Waals surface area contributed by atoms with Crippen molar-refractivity contribution in [3.8, 4) is 11.8 Å². The molecule has 41 heavy (non-hydrogen) atoms. The van der Waals surface area contributed by atoms with Gasteiger partial charge in [-0.2, -0.15) is 26.3 Å². The lowest BCUT2D eigenvalue weighted by Crippen LogP contribution is -2.44. The molecule has 0 spiro atoms. The van der Waals surface area contributed by atoms with Gasteiger partial charge in [0, 0.05) is 44.5 Å². The van der Waals surface area contributed by atoms with Crippen molar-refractivity contribution in [3.05, 3.63) is 59.4 Å². The van der Waals surface area contributed by atoms with Crippen LogP contribution < -0.4 is 14.4 Å². The minimum Gasteiger partial charge on any atom is -0.424 e. The Labute approximate surface area is 232 Å². The smallest absolute Gasteiger partial charge is 0.416 e. The SMILES string of the molecule is CCn1c(Oc2cccc(N3CCN(C)CC3)c2)nnc1[C@@H](C)NS(=O)(=O)c1cc(C(F)(F)F)cc(C(F)(F)F)c1. The molecule has 9 nitrogen and oxygen atoms in total. The van der Waals surface area contributed by atoms with Crippen molar-refractivity contribution in [2.24, 2.45) is 0 Å². The zero-order valence-corrected chi connectivity index (χ0v) is 23.1. The Morgan fingerprint density at radius 1 is 0.951 bits per heavy atom. The maximum atomic E-state index is 13.3. The number of benzene rings is 2. The average Bonchev–Trinajstić information content (AvgIpc) is 3.30. The second-order valence-corrected chi connectivity index (χ2v) is 11.3. The number of ether oxygens (including phenoxy) is 1. The van der Waals surface area contributed by atoms with Gasteiger partial charge in [-0.15, -0.1) is 5.10 Å². The van der Waals surface area contributed by atoms with Gasteiger partial charge in [-0.3, -0.25) is 4.57 Å². The molecule has 0 unspecified atom stereocenters. The number of halogens is 6. The molecule has 0 saturated carbocycles. The second kappa shape index (κ2) is 11.5. The van der Waals surface area contributed by atoms with Gasteiger partial charge in [0.1, 0.15) is 5.75 Å². The highest BCUT2D eigenvalue weighted by Crippen LogP contribution is 2.37. The second-order valence-electron chi connectivity index (χ2n) is 9.56. The third-order valence-corrected chi connectivity index (χ3v) is 8.07. The lowest BCUT2D eigenvalue weighted by atomic mass is 10.1. The molecule has 1 N–H and O–H groups in total. The highest BCUT2D eigenvalue weighted by atomic mass is 32.2. The number of alkyl halides is 6. The van der Waals surface area contributed by atoms with Gasteiger partial charge in [0.15, 0.2) is 5.82 Å². The molecular formula is C25H28F6N6O3S. The molecule has 0 radical (unpaired) electrons. The van der Waals surface area contributed by atoms with Crippen LogP contribution in [0.1, 0.15) is 36.8 Å². The van der Waals surface area contributed by atoms with E-state index >= 15 is 0 Å². The zero-order chi connectivity index (χ0) is 30.2. The molecule has 1 aromatic heterocycles. The van der Waals surface area contributed by atoms with Gasteiger partial charge in [0.2, 0.25) is 10.0 Å². The van der Waals surface area contributed by atoms with Gasteiger partial charge in [0.05, 0.1) is 22.1 Å². The Morgan fingerprint density at radius 2 is 1.56 bits per heavy atom. The number of nitrogens with zero attached hydrogens (tertiary/aromatic N) is 5. The summed E-state index contributed by atoms with van der Waals surface area (Å²) < 4.78 is 115. The number of likely N-dealkylation sites (N-methyl/N-ethyl adjacent to an activating group) is 1. The Hall–Kier alpha value is -3.37. The number of hydrogen-bond acceptors (Lipinski definition) is 7. The molecule has 1 aliphatic heterocycles. The van der Waals surface area contributed by atoms with Crippen LogP contribution >= 0.6 is 0 Å². The van der Waals surface area contributed by atoms with Crippen molar-refractivity contribution in [2.45, 2.75) is 43.7 Å². The molecule has 16 heteroatoms. The van der Waals surface area contributed by atoms with E-state index in [0.29, 0.717) is 5.75 Å². The van der Waals surface area contributed by atoms with E-state index in [4.69, 9.17) is 4.74 Å². The van der Waals surface area contributed by atoms with Crippen LogP contribution in [0.15, 0.2) is 47.4 Å². The predicted molar refractivity (Wildman–Crippen MR) is 137 cm³/mol. The summed E-state index contributed by atoms with van der Waals surface area (Å²) in [5.74, 6) is 0.497. The summed E-state index contributed by atoms with van der Waals surface area (Å²) in [4.78, 5) is 3.24. The van der Waals surface area contributed by atoms with Gasteiger partial charge in [-0.25, -0.2) is 13.1 Å². The number of anilines is 1. The van der Waals surface area contributed by atoms with Crippen LogP contribution in [0, 0.1) is 0 Å². The van der Waals surface area contributed by atoms with Crippen LogP contribution in [-0.4, -0.2) is 61.3 Å². The van der Waals surface area contributed by atoms with Crippen molar-refractivity contribution in [1.29, 1.82) is 0 Å². The quantitative estimate of drug-likeness (QED) is 0.364. The number of sulfonamides is 1. The summed E-state index contributed by atoms with van der Waals surface area (Å²) in [5, 5.41) is 7.97. The zero-order valence-electron chi connectivity index (χ0n) is 22.3. The number of nitrogens with one attached hydrogen (secondary N) is 1. The van der Waals surface area contributed by atoms with Gasteiger partial charge in [0.25, 0.3) is 0 Å². The number of rotatable bonds is 8. The van der Waals surface area contributed by atoms with E-state index in [1.807, 2.05) is 25.2 Å². The normalized spacial score (nSPS) is 16.2. The van der Waals surface area contributed by atoms with Crippen LogP contribution in [0.25, 0.3) is 0 Å². The average molecular weight is 607 g/mol. The van der Waals surface area contributed by atoms with Crippen LogP contribution in [0.3, 0.4) is 0 Å². The van der Waals surface area contributed by atoms with E-state index in [0.717, 1.165) is 31.9 Å². The topological polar surface area (TPSA) is 92.6 Å². The summed E-state index contributed by atoms with van der Waals surface area (Å²) in [6, 6.07) is 6.31. The van der Waals surface area contributed by atoms with E-state index in [1.54, 1.807) is 13.0 Å². The van der Waals surface area contributed by atoms with E-state index < -0.39 is 44.4 Å². The van der Waals surface area contributed by atoms with Crippen molar-refractivity contribution in [3.63, 3.8) is 0 Å². The number of hydrogen-bond donors (Lipinski definition) is 1. The third kappa shape index (κ3) is 7.11. The highest BCUT2D eigenvalue weighted by molar-refractivity contribution is 7.89. The van der Waals surface area contributed by atoms with Crippen molar-refractivity contribution in [1.82, 2.24) is 24.4 Å². The van der Waals surface area contributed by atoms with Gasteiger partial charge in [-0.05, 0) is 51.2 Å². The van der Waals surface area contributed by atoms with Crippen LogP contribution in [0.5, 0.6) is 11.8 Å². The molecule has 224 valence electrons. The predicted octanol–water partition coefficient (Wildman–Crippen LogP) is 4.92. The van der Waals surface area contributed by atoms with E-state index in [-0.39, 0.29) is 36.6 Å². The van der Waals surface area contributed by atoms with Crippen molar-refractivity contribution >= 4 is 15.7 Å². The number of piperazine rings is 1. The van der Waals surface area contributed by atoms with Crippen LogP contribution in [0.2, 0.25) is 0 Å². The van der Waals surface area contributed by atoms with E-state index in [2.05, 4.69) is 24.7 Å². The molecule has 0 amide bonds. The first kappa shape index (κ1) is 30.6. The summed E-state index contributed by atoms with van der Waals surface area (Å²) in [6.07, 6.45) is -10.4. The molecule has 0 aliphatic carbocycles. The molecule has 2 aromatic carbocycles. The monoisotopic (exact) mass is 606 g/mol. The molecule has 1 fully saturated rings. The minimum absolute atomic E-state index is 0.0301. The summed E-state index contributed by atoms with van der Waals surface area (Å²) in [6.45, 7) is 6.76. The summed E-state index contributed by atoms with van der Waals surface area (Å²) in [5.41, 5.74) is -2.54. The fourth-order valence-electron chi connectivity index (χ4n) is 4.34. The highest BCUT2D eigenvalue weighted by Gasteiger charge is 2.38. The van der Waals surface area contributed by atoms with Crippen molar-refractivity contribution in [2.75, 3.05) is 38.1 Å². The Balaban J connectivity index is 1.57. The maximum Gasteiger partial charge on any atom is 0.416 e. The Bertz CT molecular complexity index is 1450. The molecule has 1 saturated heterocycles. The molecular weight excluding hydrogens is 578 g/mol. The lowest BCUT2D eigenvalue weighted by molar-refractivity contribution is -0.143. The Kier molecular flexibility index (Phi) is 8.57. The largest absolute Gasteiger partial charge is 0.424 e. The summed E-state index contributed by atoms with van der Waals surface area (Å²) >= 11 is 0. The Morgan fingerprint density at radius 3 is 2.12 bits per heavy atom. The van der Waals surface area contributed by atoms with Gasteiger partial charge in [-0.1, -0.05) is 11.2 Å². The van der Waals surface area contributed by atoms with Crippen molar-refractivity contribution < 1.29 is 39.5 Å². The van der Waals surface area contributed by atoms with Crippen LogP contribution in [-0.2, 0) is 28.9 Å². The standard InChI is InChI=1S/C25H28F6N6O3S/c1-4-37-22(32-33-23(37)40-20-7-5-6-19(15-20)36-10-8-35(3)9-11-36)16(2)34-41(38,39)21-13-17(24(26,27)28)12-18(14-21)25(29,30)31/h5-7,12-16,34H,4,8-11H2,1-3H3/t16-/m1/s1. The first-order valence-corrected chi connectivity index (χ1v) is 14.0. The fourth-order valence-corrected chi connectivity index (χ4v) is 5.61. The molecule has 2 heterocycles. The van der Waals surface area contributed by atoms with Gasteiger partial charge >= 0.3 is 18.4 Å². The van der Waals surface area contributed by atoms with E-state index in [9.17, 15) is 34.8 Å². The lowest BCUT2D eigenvalue weighted by Gasteiger charge is -2.34. The maximum absolute atomic E-state index is 13.3.